The number of nitrogen functional groups attached to an aromatic ring is 1. The van der Waals surface area contributed by atoms with Crippen LogP contribution in [-0.2, 0) is 6.42 Å². The molecule has 110 valence electrons. The maximum Gasteiger partial charge on any atom is 0.255 e. The lowest BCUT2D eigenvalue weighted by molar-refractivity contribution is 0.102. The fourth-order valence-electron chi connectivity index (χ4n) is 1.91. The molecule has 3 N–H and O–H groups in total. The fourth-order valence-corrected chi connectivity index (χ4v) is 2.36. The van der Waals surface area contributed by atoms with Crippen molar-refractivity contribution in [3.63, 3.8) is 0 Å². The Bertz CT molecular complexity index is 676. The van der Waals surface area contributed by atoms with Gasteiger partial charge in [-0.2, -0.15) is 0 Å². The number of anilines is 2. The summed E-state index contributed by atoms with van der Waals surface area (Å²) >= 11 is 3.21. The molecule has 0 fully saturated rings. The van der Waals surface area contributed by atoms with E-state index in [4.69, 9.17) is 5.73 Å². The van der Waals surface area contributed by atoms with Crippen molar-refractivity contribution in [3.8, 4) is 0 Å². The van der Waals surface area contributed by atoms with E-state index in [0.717, 1.165) is 18.5 Å². The summed E-state index contributed by atoms with van der Waals surface area (Å²) in [4.78, 5) is 16.4. The first-order valence-corrected chi connectivity index (χ1v) is 7.31. The van der Waals surface area contributed by atoms with Gasteiger partial charge >= 0.3 is 0 Å². The molecular weight excluding hydrogens is 337 g/mol. The number of carbonyl (C=O) groups excluding carboxylic acids is 1. The van der Waals surface area contributed by atoms with Gasteiger partial charge in [0.15, 0.2) is 0 Å². The first-order chi connectivity index (χ1) is 9.99. The Labute approximate surface area is 130 Å². The second-order valence-corrected chi connectivity index (χ2v) is 5.45. The van der Waals surface area contributed by atoms with Crippen molar-refractivity contribution >= 4 is 33.3 Å². The molecule has 1 aromatic heterocycles. The predicted molar refractivity (Wildman–Crippen MR) is 84.7 cm³/mol. The number of pyridine rings is 1. The van der Waals surface area contributed by atoms with Crippen LogP contribution in [-0.4, -0.2) is 10.9 Å². The van der Waals surface area contributed by atoms with Crippen LogP contribution in [0.25, 0.3) is 0 Å². The van der Waals surface area contributed by atoms with Crippen molar-refractivity contribution in [2.75, 3.05) is 11.1 Å². The molecule has 0 unspecified atom stereocenters. The Morgan fingerprint density at radius 3 is 2.81 bits per heavy atom. The zero-order chi connectivity index (χ0) is 15.4. The first-order valence-electron chi connectivity index (χ1n) is 6.52. The van der Waals surface area contributed by atoms with Crippen LogP contribution in [0.1, 0.15) is 29.4 Å². The zero-order valence-electron chi connectivity index (χ0n) is 11.5. The number of amides is 1. The molecular formula is C15H15BrFN3O. The smallest absolute Gasteiger partial charge is 0.255 e. The van der Waals surface area contributed by atoms with Crippen molar-refractivity contribution in [2.45, 2.75) is 19.8 Å². The quantitative estimate of drug-likeness (QED) is 0.880. The van der Waals surface area contributed by atoms with Crippen LogP contribution < -0.4 is 11.1 Å². The van der Waals surface area contributed by atoms with Gasteiger partial charge in [-0.15, -0.1) is 0 Å². The van der Waals surface area contributed by atoms with Gasteiger partial charge < -0.3 is 11.1 Å². The van der Waals surface area contributed by atoms with Crippen LogP contribution >= 0.6 is 15.9 Å². The molecule has 0 saturated carbocycles. The molecule has 4 nitrogen and oxygen atoms in total. The van der Waals surface area contributed by atoms with Gasteiger partial charge in [0, 0.05) is 15.7 Å². The summed E-state index contributed by atoms with van der Waals surface area (Å²) in [5, 5.41) is 2.71. The molecule has 1 amide bonds. The zero-order valence-corrected chi connectivity index (χ0v) is 13.1. The number of carbonyl (C=O) groups is 1. The SMILES string of the molecule is CCCc1cc(C(=O)Nc2ccc(F)cc2Br)cc(N)n1. The molecule has 2 rings (SSSR count). The van der Waals surface area contributed by atoms with Gasteiger partial charge in [-0.25, -0.2) is 9.37 Å². The summed E-state index contributed by atoms with van der Waals surface area (Å²) in [5.41, 5.74) is 7.43. The minimum absolute atomic E-state index is 0.310. The van der Waals surface area contributed by atoms with Gasteiger partial charge in [-0.05, 0) is 52.7 Å². The van der Waals surface area contributed by atoms with Crippen LogP contribution in [0.5, 0.6) is 0 Å². The van der Waals surface area contributed by atoms with E-state index in [9.17, 15) is 9.18 Å². The lowest BCUT2D eigenvalue weighted by Crippen LogP contribution is -2.14. The minimum Gasteiger partial charge on any atom is -0.384 e. The molecule has 0 spiro atoms. The molecule has 0 saturated heterocycles. The molecule has 0 aliphatic rings. The number of hydrogen-bond donors (Lipinski definition) is 2. The third-order valence-electron chi connectivity index (χ3n) is 2.85. The number of halogens is 2. The lowest BCUT2D eigenvalue weighted by Gasteiger charge is -2.09. The number of rotatable bonds is 4. The number of nitrogens with two attached hydrogens (primary N) is 1. The van der Waals surface area contributed by atoms with Gasteiger partial charge in [0.1, 0.15) is 11.6 Å². The van der Waals surface area contributed by atoms with Crippen LogP contribution in [0.15, 0.2) is 34.8 Å². The van der Waals surface area contributed by atoms with Crippen LogP contribution in [0.2, 0.25) is 0 Å². The second-order valence-electron chi connectivity index (χ2n) is 4.60. The van der Waals surface area contributed by atoms with E-state index < -0.39 is 0 Å². The van der Waals surface area contributed by atoms with Gasteiger partial charge in [0.2, 0.25) is 0 Å². The maximum absolute atomic E-state index is 13.0. The average molecular weight is 352 g/mol. The van der Waals surface area contributed by atoms with E-state index in [0.29, 0.717) is 21.5 Å². The third kappa shape index (κ3) is 4.01. The number of aromatic nitrogens is 1. The van der Waals surface area contributed by atoms with Crippen LogP contribution in [0, 0.1) is 5.82 Å². The molecule has 2 aromatic rings. The van der Waals surface area contributed by atoms with Crippen LogP contribution in [0.4, 0.5) is 15.9 Å². The van der Waals surface area contributed by atoms with Gasteiger partial charge in [-0.1, -0.05) is 13.3 Å². The Morgan fingerprint density at radius 2 is 2.14 bits per heavy atom. The van der Waals surface area contributed by atoms with Crippen molar-refractivity contribution < 1.29 is 9.18 Å². The average Bonchev–Trinajstić information content (AvgIpc) is 2.41. The van der Waals surface area contributed by atoms with Gasteiger partial charge in [0.05, 0.1) is 5.69 Å². The molecule has 0 atom stereocenters. The molecule has 0 bridgehead atoms. The standard InChI is InChI=1S/C15H15BrFN3O/c1-2-3-11-6-9(7-14(18)19-11)15(21)20-13-5-4-10(17)8-12(13)16/h4-8H,2-3H2,1H3,(H2,18,19)(H,20,21). The fraction of sp³-hybridized carbons (Fsp3) is 0.200. The highest BCUT2D eigenvalue weighted by Crippen LogP contribution is 2.24. The molecule has 0 aliphatic carbocycles. The number of nitrogens with zero attached hydrogens (tertiary/aromatic N) is 1. The van der Waals surface area contributed by atoms with Crippen molar-refractivity contribution in [3.05, 3.63) is 51.9 Å². The van der Waals surface area contributed by atoms with Crippen molar-refractivity contribution in [2.24, 2.45) is 0 Å². The molecule has 1 heterocycles. The Balaban J connectivity index is 2.23. The second kappa shape index (κ2) is 6.67. The summed E-state index contributed by atoms with van der Waals surface area (Å²) in [5.74, 6) is -0.378. The van der Waals surface area contributed by atoms with Crippen LogP contribution in [0.3, 0.4) is 0 Å². The molecule has 0 aliphatic heterocycles. The Morgan fingerprint density at radius 1 is 1.38 bits per heavy atom. The summed E-state index contributed by atoms with van der Waals surface area (Å²) in [6.07, 6.45) is 1.67. The maximum atomic E-state index is 13.0. The van der Waals surface area contributed by atoms with Crippen molar-refractivity contribution in [1.29, 1.82) is 0 Å². The van der Waals surface area contributed by atoms with E-state index in [1.807, 2.05) is 6.92 Å². The minimum atomic E-state index is -0.377. The Hall–Kier alpha value is -1.95. The summed E-state index contributed by atoms with van der Waals surface area (Å²) in [7, 11) is 0. The molecule has 0 radical (unpaired) electrons. The van der Waals surface area contributed by atoms with Gasteiger partial charge in [-0.3, -0.25) is 4.79 Å². The van der Waals surface area contributed by atoms with Crippen molar-refractivity contribution in [1.82, 2.24) is 4.98 Å². The number of nitrogens with one attached hydrogen (secondary N) is 1. The highest BCUT2D eigenvalue weighted by atomic mass is 79.9. The van der Waals surface area contributed by atoms with E-state index in [1.165, 1.54) is 24.3 Å². The van der Waals surface area contributed by atoms with E-state index in [2.05, 4.69) is 26.2 Å². The number of benzene rings is 1. The summed E-state index contributed by atoms with van der Waals surface area (Å²) < 4.78 is 13.5. The molecule has 21 heavy (non-hydrogen) atoms. The van der Waals surface area contributed by atoms with E-state index >= 15 is 0 Å². The van der Waals surface area contributed by atoms with E-state index in [-0.39, 0.29) is 11.7 Å². The highest BCUT2D eigenvalue weighted by molar-refractivity contribution is 9.10. The lowest BCUT2D eigenvalue weighted by atomic mass is 10.1. The largest absolute Gasteiger partial charge is 0.384 e. The predicted octanol–water partition coefficient (Wildman–Crippen LogP) is 3.77. The summed E-state index contributed by atoms with van der Waals surface area (Å²) in [6.45, 7) is 2.03. The number of aryl methyl sites for hydroxylation is 1. The Kier molecular flexibility index (Phi) is 4.90. The monoisotopic (exact) mass is 351 g/mol. The molecule has 1 aromatic carbocycles. The highest BCUT2D eigenvalue weighted by Gasteiger charge is 2.11. The first kappa shape index (κ1) is 15.4. The third-order valence-corrected chi connectivity index (χ3v) is 3.50. The number of hydrogen-bond acceptors (Lipinski definition) is 3. The van der Waals surface area contributed by atoms with E-state index in [1.54, 1.807) is 6.07 Å². The topological polar surface area (TPSA) is 68.0 Å². The normalized spacial score (nSPS) is 10.4. The molecule has 6 heteroatoms. The van der Waals surface area contributed by atoms with Gasteiger partial charge in [0.25, 0.3) is 5.91 Å². The summed E-state index contributed by atoms with van der Waals surface area (Å²) in [6, 6.07) is 7.30.